The Labute approximate surface area is 140 Å². The third kappa shape index (κ3) is 4.29. The molecule has 1 radical (unpaired) electrons. The summed E-state index contributed by atoms with van der Waals surface area (Å²) in [4.78, 5) is 35.4. The van der Waals surface area contributed by atoms with Crippen molar-refractivity contribution in [2.24, 2.45) is 5.92 Å². The molecular weight excluding hydrogens is 308 g/mol. The van der Waals surface area contributed by atoms with Crippen molar-refractivity contribution in [2.75, 3.05) is 6.61 Å². The minimum Gasteiger partial charge on any atom is -0.434 e. The van der Waals surface area contributed by atoms with Crippen molar-refractivity contribution in [3.05, 3.63) is 65.2 Å². The molecular formula is C19H17O5. The number of carbonyl (C=O) groups excluding carboxylic acids is 3. The lowest BCUT2D eigenvalue weighted by molar-refractivity contribution is 0.0878. The van der Waals surface area contributed by atoms with E-state index in [0.29, 0.717) is 0 Å². The van der Waals surface area contributed by atoms with Crippen LogP contribution in [0.4, 0.5) is 4.79 Å². The van der Waals surface area contributed by atoms with Gasteiger partial charge in [-0.25, -0.2) is 4.79 Å². The van der Waals surface area contributed by atoms with Crippen LogP contribution in [-0.2, 0) is 9.53 Å². The normalized spacial score (nSPS) is 10.3. The number of rotatable bonds is 6. The minimum absolute atomic E-state index is 0.0805. The van der Waals surface area contributed by atoms with Crippen LogP contribution in [0.5, 0.6) is 5.75 Å². The molecule has 0 saturated heterocycles. The molecule has 2 rings (SSSR count). The van der Waals surface area contributed by atoms with Crippen LogP contribution in [0.2, 0.25) is 0 Å². The van der Waals surface area contributed by atoms with Gasteiger partial charge in [0.1, 0.15) is 5.75 Å². The van der Waals surface area contributed by atoms with E-state index in [9.17, 15) is 14.4 Å². The number of para-hydroxylation sites is 1. The summed E-state index contributed by atoms with van der Waals surface area (Å²) in [5.74, 6) is -0.178. The molecule has 0 aliphatic rings. The van der Waals surface area contributed by atoms with Gasteiger partial charge in [0.05, 0.1) is 12.2 Å². The fourth-order valence-corrected chi connectivity index (χ4v) is 2.01. The van der Waals surface area contributed by atoms with Crippen molar-refractivity contribution < 1.29 is 23.9 Å². The SMILES string of the molecule is CC(C)COC(=O)Oc1ccccc1C(=O)c1ccccc1[C]=O. The maximum Gasteiger partial charge on any atom is 0.513 e. The van der Waals surface area contributed by atoms with Crippen LogP contribution in [0.15, 0.2) is 48.5 Å². The van der Waals surface area contributed by atoms with Crippen molar-refractivity contribution in [3.63, 3.8) is 0 Å². The first-order chi connectivity index (χ1) is 11.5. The van der Waals surface area contributed by atoms with Crippen LogP contribution >= 0.6 is 0 Å². The van der Waals surface area contributed by atoms with E-state index in [2.05, 4.69) is 0 Å². The van der Waals surface area contributed by atoms with Crippen LogP contribution in [0.1, 0.15) is 35.3 Å². The van der Waals surface area contributed by atoms with Crippen LogP contribution in [0, 0.1) is 5.92 Å². The lowest BCUT2D eigenvalue weighted by Gasteiger charge is -2.11. The van der Waals surface area contributed by atoms with Crippen molar-refractivity contribution >= 4 is 18.2 Å². The fraction of sp³-hybridized carbons (Fsp3) is 0.211. The summed E-state index contributed by atoms with van der Waals surface area (Å²) in [5.41, 5.74) is 0.514. The van der Waals surface area contributed by atoms with E-state index in [1.54, 1.807) is 30.6 Å². The van der Waals surface area contributed by atoms with Crippen LogP contribution in [-0.4, -0.2) is 24.8 Å². The second-order valence-corrected chi connectivity index (χ2v) is 5.53. The number of benzene rings is 2. The molecule has 0 N–H and O–H groups in total. The molecule has 0 spiro atoms. The largest absolute Gasteiger partial charge is 0.513 e. The van der Waals surface area contributed by atoms with Gasteiger partial charge in [-0.05, 0) is 18.1 Å². The molecule has 0 aromatic heterocycles. The van der Waals surface area contributed by atoms with E-state index in [0.717, 1.165) is 0 Å². The monoisotopic (exact) mass is 325 g/mol. The van der Waals surface area contributed by atoms with E-state index < -0.39 is 11.9 Å². The predicted octanol–water partition coefficient (Wildman–Crippen LogP) is 3.55. The molecule has 0 fully saturated rings. The van der Waals surface area contributed by atoms with Gasteiger partial charge in [-0.1, -0.05) is 50.2 Å². The summed E-state index contributed by atoms with van der Waals surface area (Å²) in [6, 6.07) is 12.6. The van der Waals surface area contributed by atoms with Crippen molar-refractivity contribution in [1.82, 2.24) is 0 Å². The maximum absolute atomic E-state index is 12.7. The van der Waals surface area contributed by atoms with E-state index >= 15 is 0 Å². The number of carbonyl (C=O) groups is 2. The van der Waals surface area contributed by atoms with E-state index in [-0.39, 0.29) is 35.0 Å². The Morgan fingerprint density at radius 1 is 1.00 bits per heavy atom. The van der Waals surface area contributed by atoms with Gasteiger partial charge in [0.2, 0.25) is 6.29 Å². The Kier molecular flexibility index (Phi) is 5.84. The highest BCUT2D eigenvalue weighted by atomic mass is 16.7. The number of ether oxygens (including phenoxy) is 2. The average Bonchev–Trinajstić information content (AvgIpc) is 2.60. The van der Waals surface area contributed by atoms with E-state index in [1.165, 1.54) is 24.3 Å². The van der Waals surface area contributed by atoms with Gasteiger partial charge in [0.25, 0.3) is 0 Å². The Bertz CT molecular complexity index is 749. The molecule has 0 aliphatic heterocycles. The molecule has 0 aliphatic carbocycles. The molecule has 2 aromatic rings. The highest BCUT2D eigenvalue weighted by Gasteiger charge is 2.19. The summed E-state index contributed by atoms with van der Waals surface area (Å²) in [6.07, 6.45) is 0.860. The Balaban J connectivity index is 2.26. The summed E-state index contributed by atoms with van der Waals surface area (Å²) in [7, 11) is 0. The lowest BCUT2D eigenvalue weighted by Crippen LogP contribution is -2.16. The molecule has 123 valence electrons. The first-order valence-corrected chi connectivity index (χ1v) is 7.48. The van der Waals surface area contributed by atoms with Gasteiger partial charge in [-0.15, -0.1) is 0 Å². The molecule has 5 nitrogen and oxygen atoms in total. The highest BCUT2D eigenvalue weighted by Crippen LogP contribution is 2.23. The van der Waals surface area contributed by atoms with Gasteiger partial charge in [-0.3, -0.25) is 9.59 Å². The molecule has 0 unspecified atom stereocenters. The molecule has 2 aromatic carbocycles. The summed E-state index contributed by atoms with van der Waals surface area (Å²) in [6.45, 7) is 4.02. The first kappa shape index (κ1) is 17.4. The molecule has 0 heterocycles. The van der Waals surface area contributed by atoms with Gasteiger partial charge in [0, 0.05) is 11.1 Å². The number of ketones is 1. The standard InChI is InChI=1S/C19H17O5/c1-13(2)12-23-19(22)24-17-10-6-5-9-16(17)18(21)15-8-4-3-7-14(15)11-20/h3-10,13H,12H2,1-2H3. The van der Waals surface area contributed by atoms with Crippen molar-refractivity contribution in [1.29, 1.82) is 0 Å². The maximum atomic E-state index is 12.7. The molecule has 0 atom stereocenters. The smallest absolute Gasteiger partial charge is 0.434 e. The van der Waals surface area contributed by atoms with Crippen LogP contribution in [0.3, 0.4) is 0 Å². The summed E-state index contributed by atoms with van der Waals surface area (Å²) in [5, 5.41) is 0. The minimum atomic E-state index is -0.876. The highest BCUT2D eigenvalue weighted by molar-refractivity contribution is 6.14. The summed E-state index contributed by atoms with van der Waals surface area (Å²) < 4.78 is 10.1. The van der Waals surface area contributed by atoms with Crippen LogP contribution < -0.4 is 4.74 Å². The molecule has 0 bridgehead atoms. The zero-order chi connectivity index (χ0) is 17.5. The van der Waals surface area contributed by atoms with Gasteiger partial charge in [0.15, 0.2) is 5.78 Å². The Morgan fingerprint density at radius 2 is 1.62 bits per heavy atom. The average molecular weight is 325 g/mol. The molecule has 0 amide bonds. The van der Waals surface area contributed by atoms with Gasteiger partial charge < -0.3 is 9.47 Å². The van der Waals surface area contributed by atoms with Gasteiger partial charge in [-0.2, -0.15) is 0 Å². The molecule has 24 heavy (non-hydrogen) atoms. The summed E-state index contributed by atoms with van der Waals surface area (Å²) >= 11 is 0. The van der Waals surface area contributed by atoms with Crippen LogP contribution in [0.25, 0.3) is 0 Å². The van der Waals surface area contributed by atoms with E-state index in [1.807, 2.05) is 13.8 Å². The van der Waals surface area contributed by atoms with Crippen molar-refractivity contribution in [2.45, 2.75) is 13.8 Å². The Morgan fingerprint density at radius 3 is 2.29 bits per heavy atom. The first-order valence-electron chi connectivity index (χ1n) is 7.48. The third-order valence-corrected chi connectivity index (χ3v) is 3.14. The second kappa shape index (κ2) is 8.06. The number of hydrogen-bond donors (Lipinski definition) is 0. The Hall–Kier alpha value is -2.95. The lowest BCUT2D eigenvalue weighted by atomic mass is 9.98. The quantitative estimate of drug-likeness (QED) is 0.461. The second-order valence-electron chi connectivity index (χ2n) is 5.53. The zero-order valence-electron chi connectivity index (χ0n) is 13.4. The topological polar surface area (TPSA) is 69.7 Å². The number of hydrogen-bond acceptors (Lipinski definition) is 5. The predicted molar refractivity (Wildman–Crippen MR) is 87.9 cm³/mol. The zero-order valence-corrected chi connectivity index (χ0v) is 13.4. The van der Waals surface area contributed by atoms with Crippen molar-refractivity contribution in [3.8, 4) is 5.75 Å². The van der Waals surface area contributed by atoms with E-state index in [4.69, 9.17) is 9.47 Å². The van der Waals surface area contributed by atoms with Gasteiger partial charge >= 0.3 is 6.16 Å². The molecule has 0 saturated carbocycles. The fourth-order valence-electron chi connectivity index (χ4n) is 2.01. The third-order valence-electron chi connectivity index (χ3n) is 3.14. The molecule has 5 heteroatoms.